The summed E-state index contributed by atoms with van der Waals surface area (Å²) in [5.74, 6) is 5.42. The van der Waals surface area contributed by atoms with Crippen LogP contribution >= 0.6 is 15.9 Å². The molecule has 0 aliphatic rings. The van der Waals surface area contributed by atoms with Crippen molar-refractivity contribution in [2.45, 2.75) is 20.4 Å². The summed E-state index contributed by atoms with van der Waals surface area (Å²) in [6, 6.07) is 7.93. The van der Waals surface area contributed by atoms with E-state index in [1.54, 1.807) is 31.2 Å². The largest absolute Gasteiger partial charge is 0.481 e. The first-order valence-electron chi connectivity index (χ1n) is 6.80. The number of pyridine rings is 1. The van der Waals surface area contributed by atoms with Gasteiger partial charge in [-0.1, -0.05) is 5.92 Å². The predicted octanol–water partition coefficient (Wildman–Crippen LogP) is 3.84. The summed E-state index contributed by atoms with van der Waals surface area (Å²) in [5.41, 5.74) is 0.714. The quantitative estimate of drug-likeness (QED) is 0.772. The third-order valence-corrected chi connectivity index (χ3v) is 3.75. The van der Waals surface area contributed by atoms with Gasteiger partial charge in [-0.2, -0.15) is 0 Å². The second-order valence-corrected chi connectivity index (χ2v) is 5.33. The molecule has 0 amide bonds. The molecule has 0 atom stereocenters. The van der Waals surface area contributed by atoms with E-state index in [0.29, 0.717) is 28.0 Å². The molecule has 5 heteroatoms. The Labute approximate surface area is 136 Å². The van der Waals surface area contributed by atoms with E-state index in [4.69, 9.17) is 4.74 Å². The maximum absolute atomic E-state index is 14.4. The fourth-order valence-corrected chi connectivity index (χ4v) is 2.43. The molecule has 114 valence electrons. The van der Waals surface area contributed by atoms with Crippen LogP contribution in [0, 0.1) is 17.7 Å². The van der Waals surface area contributed by atoms with Crippen LogP contribution in [-0.2, 0) is 6.54 Å². The van der Waals surface area contributed by atoms with Crippen LogP contribution in [0.5, 0.6) is 5.75 Å². The van der Waals surface area contributed by atoms with Crippen molar-refractivity contribution in [1.82, 2.24) is 4.57 Å². The van der Waals surface area contributed by atoms with Crippen molar-refractivity contribution in [3.8, 4) is 28.8 Å². The molecular weight excluding hydrogens is 349 g/mol. The van der Waals surface area contributed by atoms with Crippen molar-refractivity contribution in [2.24, 2.45) is 0 Å². The minimum Gasteiger partial charge on any atom is -0.481 e. The highest BCUT2D eigenvalue weighted by Gasteiger charge is 2.12. The number of aromatic nitrogens is 1. The van der Waals surface area contributed by atoms with Gasteiger partial charge in [-0.25, -0.2) is 4.39 Å². The van der Waals surface area contributed by atoms with Crippen LogP contribution in [-0.4, -0.2) is 11.2 Å². The first-order valence-corrected chi connectivity index (χ1v) is 7.59. The zero-order valence-corrected chi connectivity index (χ0v) is 13.9. The fraction of sp³-hybridized carbons (Fsp3) is 0.235. The Bertz CT molecular complexity index is 803. The van der Waals surface area contributed by atoms with Gasteiger partial charge in [0.15, 0.2) is 0 Å². The molecule has 0 aliphatic carbocycles. The van der Waals surface area contributed by atoms with Gasteiger partial charge < -0.3 is 9.30 Å². The Morgan fingerprint density at radius 2 is 2.09 bits per heavy atom. The average Bonchev–Trinajstić information content (AvgIpc) is 2.51. The zero-order chi connectivity index (χ0) is 16.1. The van der Waals surface area contributed by atoms with Crippen LogP contribution in [0.15, 0.2) is 39.6 Å². The smallest absolute Gasteiger partial charge is 0.265 e. The topological polar surface area (TPSA) is 31.2 Å². The highest BCUT2D eigenvalue weighted by atomic mass is 79.9. The van der Waals surface area contributed by atoms with Gasteiger partial charge in [-0.05, 0) is 54.0 Å². The van der Waals surface area contributed by atoms with Crippen molar-refractivity contribution >= 4 is 15.9 Å². The summed E-state index contributed by atoms with van der Waals surface area (Å²) >= 11 is 3.20. The van der Waals surface area contributed by atoms with E-state index < -0.39 is 5.82 Å². The SMILES string of the molecule is CC#CCOc1ccc(-c2ccc(Br)c(=O)n2CC)c(F)c1. The Balaban J connectivity index is 2.43. The molecule has 0 unspecified atom stereocenters. The summed E-state index contributed by atoms with van der Waals surface area (Å²) in [6.45, 7) is 4.23. The molecule has 1 heterocycles. The Morgan fingerprint density at radius 1 is 1.32 bits per heavy atom. The predicted molar refractivity (Wildman–Crippen MR) is 88.4 cm³/mol. The molecular formula is C17H15BrFNO2. The van der Waals surface area contributed by atoms with Crippen molar-refractivity contribution in [3.63, 3.8) is 0 Å². The van der Waals surface area contributed by atoms with Gasteiger partial charge in [0, 0.05) is 18.2 Å². The third-order valence-electron chi connectivity index (χ3n) is 3.15. The molecule has 22 heavy (non-hydrogen) atoms. The number of benzene rings is 1. The van der Waals surface area contributed by atoms with E-state index in [9.17, 15) is 9.18 Å². The van der Waals surface area contributed by atoms with E-state index in [0.717, 1.165) is 0 Å². The number of ether oxygens (including phenoxy) is 1. The van der Waals surface area contributed by atoms with Gasteiger partial charge in [-0.15, -0.1) is 5.92 Å². The highest BCUT2D eigenvalue weighted by Crippen LogP contribution is 2.26. The minimum absolute atomic E-state index is 0.182. The summed E-state index contributed by atoms with van der Waals surface area (Å²) in [7, 11) is 0. The molecule has 0 bridgehead atoms. The van der Waals surface area contributed by atoms with Crippen molar-refractivity contribution in [1.29, 1.82) is 0 Å². The highest BCUT2D eigenvalue weighted by molar-refractivity contribution is 9.10. The normalized spacial score (nSPS) is 10.0. The average molecular weight is 364 g/mol. The van der Waals surface area contributed by atoms with Crippen LogP contribution in [0.2, 0.25) is 0 Å². The second kappa shape index (κ2) is 7.28. The lowest BCUT2D eigenvalue weighted by Crippen LogP contribution is -2.21. The molecule has 2 aromatic rings. The van der Waals surface area contributed by atoms with Crippen LogP contribution < -0.4 is 10.3 Å². The molecule has 0 saturated heterocycles. The number of nitrogens with zero attached hydrogens (tertiary/aromatic N) is 1. The zero-order valence-electron chi connectivity index (χ0n) is 12.3. The summed E-state index contributed by atoms with van der Waals surface area (Å²) in [6.07, 6.45) is 0. The maximum Gasteiger partial charge on any atom is 0.265 e. The van der Waals surface area contributed by atoms with Gasteiger partial charge in [0.05, 0.1) is 10.2 Å². The number of hydrogen-bond acceptors (Lipinski definition) is 2. The molecule has 0 aliphatic heterocycles. The van der Waals surface area contributed by atoms with Crippen molar-refractivity contribution in [3.05, 3.63) is 51.0 Å². The first kappa shape index (κ1) is 16.3. The van der Waals surface area contributed by atoms with E-state index in [2.05, 4.69) is 27.8 Å². The molecule has 0 radical (unpaired) electrons. The van der Waals surface area contributed by atoms with Gasteiger partial charge in [0.2, 0.25) is 0 Å². The fourth-order valence-electron chi connectivity index (χ4n) is 2.09. The molecule has 0 saturated carbocycles. The standard InChI is InChI=1S/C17H15BrFNO2/c1-3-5-10-22-12-6-7-13(15(19)11-12)16-9-8-14(18)17(21)20(16)4-2/h6-9,11H,4,10H2,1-2H3. The molecule has 0 fully saturated rings. The molecule has 3 nitrogen and oxygen atoms in total. The van der Waals surface area contributed by atoms with Gasteiger partial charge in [-0.3, -0.25) is 4.79 Å². The molecule has 1 aromatic carbocycles. The third kappa shape index (κ3) is 3.40. The van der Waals surface area contributed by atoms with Gasteiger partial charge in [0.25, 0.3) is 5.56 Å². The van der Waals surface area contributed by atoms with E-state index >= 15 is 0 Å². The maximum atomic E-state index is 14.4. The molecule has 2 rings (SSSR count). The van der Waals surface area contributed by atoms with Crippen LogP contribution in [0.4, 0.5) is 4.39 Å². The molecule has 0 N–H and O–H groups in total. The number of halogens is 2. The van der Waals surface area contributed by atoms with Crippen LogP contribution in [0.1, 0.15) is 13.8 Å². The first-order chi connectivity index (χ1) is 10.6. The van der Waals surface area contributed by atoms with Crippen LogP contribution in [0.25, 0.3) is 11.3 Å². The lowest BCUT2D eigenvalue weighted by Gasteiger charge is -2.13. The Kier molecular flexibility index (Phi) is 5.40. The lowest BCUT2D eigenvalue weighted by molar-refractivity contribution is 0.368. The van der Waals surface area contributed by atoms with Crippen LogP contribution in [0.3, 0.4) is 0 Å². The Morgan fingerprint density at radius 3 is 2.73 bits per heavy atom. The molecule has 1 aromatic heterocycles. The van der Waals surface area contributed by atoms with E-state index in [1.807, 2.05) is 6.92 Å². The minimum atomic E-state index is -0.439. The number of hydrogen-bond donors (Lipinski definition) is 0. The summed E-state index contributed by atoms with van der Waals surface area (Å²) in [4.78, 5) is 12.1. The summed E-state index contributed by atoms with van der Waals surface area (Å²) < 4.78 is 21.7. The lowest BCUT2D eigenvalue weighted by atomic mass is 10.1. The number of rotatable bonds is 4. The van der Waals surface area contributed by atoms with E-state index in [1.165, 1.54) is 10.6 Å². The monoisotopic (exact) mass is 363 g/mol. The van der Waals surface area contributed by atoms with E-state index in [-0.39, 0.29) is 12.2 Å². The molecule has 0 spiro atoms. The summed E-state index contributed by atoms with van der Waals surface area (Å²) in [5, 5.41) is 0. The second-order valence-electron chi connectivity index (χ2n) is 4.47. The van der Waals surface area contributed by atoms with Crippen molar-refractivity contribution in [2.75, 3.05) is 6.61 Å². The Hall–Kier alpha value is -2.06. The van der Waals surface area contributed by atoms with Crippen molar-refractivity contribution < 1.29 is 9.13 Å². The van der Waals surface area contributed by atoms with Gasteiger partial charge >= 0.3 is 0 Å². The van der Waals surface area contributed by atoms with Gasteiger partial charge in [0.1, 0.15) is 18.2 Å².